The average molecular weight is 306 g/mol. The lowest BCUT2D eigenvalue weighted by Crippen LogP contribution is -2.29. The van der Waals surface area contributed by atoms with E-state index in [1.165, 1.54) is 27.8 Å². The van der Waals surface area contributed by atoms with Gasteiger partial charge in [0.15, 0.2) is 0 Å². The Morgan fingerprint density at radius 1 is 1.30 bits per heavy atom. The quantitative estimate of drug-likeness (QED) is 0.872. The summed E-state index contributed by atoms with van der Waals surface area (Å²) in [6.07, 6.45) is 0. The topological polar surface area (TPSA) is 61.2 Å². The molecule has 0 aliphatic rings. The van der Waals surface area contributed by atoms with Gasteiger partial charge in [-0.15, -0.1) is 11.3 Å². The van der Waals surface area contributed by atoms with Crippen LogP contribution in [0.1, 0.15) is 23.4 Å². The second-order valence-electron chi connectivity index (χ2n) is 4.35. The molecule has 0 aliphatic heterocycles. The lowest BCUT2D eigenvalue weighted by molar-refractivity contribution is 0.403. The number of hydrogen-bond donors (Lipinski definition) is 0. The van der Waals surface area contributed by atoms with Crippen LogP contribution in [-0.2, 0) is 10.0 Å². The molecule has 6 heteroatoms. The maximum atomic E-state index is 12.6. The van der Waals surface area contributed by atoms with Crippen LogP contribution in [0.2, 0.25) is 0 Å². The van der Waals surface area contributed by atoms with Gasteiger partial charge in [-0.25, -0.2) is 8.42 Å². The highest BCUT2D eigenvalue weighted by molar-refractivity contribution is 7.89. The van der Waals surface area contributed by atoms with E-state index in [9.17, 15) is 8.42 Å². The number of thiophene rings is 1. The molecule has 104 valence electrons. The summed E-state index contributed by atoms with van der Waals surface area (Å²) in [4.78, 5) is 1.12. The highest BCUT2D eigenvalue weighted by Crippen LogP contribution is 2.28. The molecule has 20 heavy (non-hydrogen) atoms. The van der Waals surface area contributed by atoms with Crippen molar-refractivity contribution in [3.05, 3.63) is 52.2 Å². The molecule has 0 bridgehead atoms. The molecule has 1 atom stereocenters. The third-order valence-electron chi connectivity index (χ3n) is 3.14. The van der Waals surface area contributed by atoms with Crippen LogP contribution >= 0.6 is 11.3 Å². The van der Waals surface area contributed by atoms with Crippen molar-refractivity contribution in [3.63, 3.8) is 0 Å². The first-order chi connectivity index (χ1) is 9.46. The van der Waals surface area contributed by atoms with Gasteiger partial charge in [0.25, 0.3) is 0 Å². The van der Waals surface area contributed by atoms with Crippen molar-refractivity contribution in [2.75, 3.05) is 7.05 Å². The van der Waals surface area contributed by atoms with E-state index in [2.05, 4.69) is 0 Å². The Hall–Kier alpha value is -1.68. The molecule has 4 nitrogen and oxygen atoms in total. The first-order valence-corrected chi connectivity index (χ1v) is 8.30. The van der Waals surface area contributed by atoms with Crippen molar-refractivity contribution in [1.29, 1.82) is 5.26 Å². The summed E-state index contributed by atoms with van der Waals surface area (Å²) in [7, 11) is -2.05. The van der Waals surface area contributed by atoms with Crippen LogP contribution in [0.3, 0.4) is 0 Å². The van der Waals surface area contributed by atoms with Crippen LogP contribution < -0.4 is 0 Å². The van der Waals surface area contributed by atoms with Crippen LogP contribution in [0.4, 0.5) is 0 Å². The van der Waals surface area contributed by atoms with E-state index in [0.717, 1.165) is 4.88 Å². The first-order valence-electron chi connectivity index (χ1n) is 5.98. The molecule has 0 spiro atoms. The van der Waals surface area contributed by atoms with E-state index in [1.54, 1.807) is 19.2 Å². The highest BCUT2D eigenvalue weighted by Gasteiger charge is 2.26. The van der Waals surface area contributed by atoms with Crippen LogP contribution in [0.15, 0.2) is 46.7 Å². The Morgan fingerprint density at radius 2 is 2.05 bits per heavy atom. The molecule has 1 heterocycles. The van der Waals surface area contributed by atoms with Crippen molar-refractivity contribution in [1.82, 2.24) is 4.31 Å². The molecule has 0 aliphatic carbocycles. The van der Waals surface area contributed by atoms with Gasteiger partial charge in [-0.3, -0.25) is 0 Å². The van der Waals surface area contributed by atoms with Crippen molar-refractivity contribution < 1.29 is 8.42 Å². The average Bonchev–Trinajstić information content (AvgIpc) is 3.00. The molecule has 0 fully saturated rings. The summed E-state index contributed by atoms with van der Waals surface area (Å²) in [6, 6.07) is 11.6. The summed E-state index contributed by atoms with van der Waals surface area (Å²) in [5.41, 5.74) is 0.336. The Labute approximate surface area is 123 Å². The smallest absolute Gasteiger partial charge is 0.207 e. The van der Waals surface area contributed by atoms with E-state index in [0.29, 0.717) is 5.56 Å². The number of nitrogens with zero attached hydrogens (tertiary/aromatic N) is 2. The van der Waals surface area contributed by atoms with Crippen LogP contribution in [0.5, 0.6) is 0 Å². The zero-order chi connectivity index (χ0) is 14.8. The largest absolute Gasteiger partial charge is 0.243 e. The fraction of sp³-hybridized carbons (Fsp3) is 0.214. The fourth-order valence-corrected chi connectivity index (χ4v) is 4.09. The van der Waals surface area contributed by atoms with Crippen molar-refractivity contribution >= 4 is 21.4 Å². The van der Waals surface area contributed by atoms with Crippen molar-refractivity contribution in [2.45, 2.75) is 17.9 Å². The van der Waals surface area contributed by atoms with Crippen LogP contribution in [-0.4, -0.2) is 19.8 Å². The van der Waals surface area contributed by atoms with Crippen LogP contribution in [0, 0.1) is 11.3 Å². The predicted molar refractivity (Wildman–Crippen MR) is 78.8 cm³/mol. The molecule has 1 unspecified atom stereocenters. The summed E-state index contributed by atoms with van der Waals surface area (Å²) >= 11 is 1.52. The normalized spacial score (nSPS) is 13.1. The number of sulfonamides is 1. The second-order valence-corrected chi connectivity index (χ2v) is 7.33. The minimum absolute atomic E-state index is 0.141. The van der Waals surface area contributed by atoms with Gasteiger partial charge in [0.1, 0.15) is 0 Å². The maximum absolute atomic E-state index is 12.6. The lowest BCUT2D eigenvalue weighted by atomic mass is 10.2. The Balaban J connectivity index is 2.37. The van der Waals surface area contributed by atoms with Gasteiger partial charge in [-0.2, -0.15) is 9.57 Å². The molecule has 0 radical (unpaired) electrons. The summed E-state index contributed by atoms with van der Waals surface area (Å²) in [5.74, 6) is 0. The van der Waals surface area contributed by atoms with E-state index in [-0.39, 0.29) is 10.9 Å². The number of nitriles is 1. The maximum Gasteiger partial charge on any atom is 0.243 e. The van der Waals surface area contributed by atoms with Crippen molar-refractivity contribution in [2.24, 2.45) is 0 Å². The highest BCUT2D eigenvalue weighted by atomic mass is 32.2. The van der Waals surface area contributed by atoms with E-state index < -0.39 is 10.0 Å². The minimum Gasteiger partial charge on any atom is -0.207 e. The molecule has 1 aromatic heterocycles. The monoisotopic (exact) mass is 306 g/mol. The number of hydrogen-bond acceptors (Lipinski definition) is 4. The van der Waals surface area contributed by atoms with E-state index in [4.69, 9.17) is 5.26 Å². The summed E-state index contributed by atoms with van der Waals surface area (Å²) in [6.45, 7) is 1.84. The van der Waals surface area contributed by atoms with Gasteiger partial charge in [-0.1, -0.05) is 12.1 Å². The molecule has 1 aromatic carbocycles. The summed E-state index contributed by atoms with van der Waals surface area (Å²) < 4.78 is 26.4. The summed E-state index contributed by atoms with van der Waals surface area (Å²) in [5, 5.41) is 10.8. The second kappa shape index (κ2) is 5.75. The molecule has 0 saturated heterocycles. The molecule has 2 aromatic rings. The first kappa shape index (κ1) is 14.7. The molecule has 0 amide bonds. The van der Waals surface area contributed by atoms with Gasteiger partial charge >= 0.3 is 0 Å². The van der Waals surface area contributed by atoms with Gasteiger partial charge in [-0.05, 0) is 36.6 Å². The third kappa shape index (κ3) is 2.75. The van der Waals surface area contributed by atoms with Gasteiger partial charge in [0.2, 0.25) is 10.0 Å². The molecule has 0 N–H and O–H groups in total. The third-order valence-corrected chi connectivity index (χ3v) is 6.11. The SMILES string of the molecule is CC(c1cccs1)N(C)S(=O)(=O)c1cccc(C#N)c1. The van der Waals surface area contributed by atoms with E-state index in [1.807, 2.05) is 30.5 Å². The zero-order valence-corrected chi connectivity index (χ0v) is 12.8. The predicted octanol–water partition coefficient (Wildman–Crippen LogP) is 3.00. The van der Waals surface area contributed by atoms with Gasteiger partial charge in [0.05, 0.1) is 22.6 Å². The van der Waals surface area contributed by atoms with Crippen molar-refractivity contribution in [3.8, 4) is 6.07 Å². The Kier molecular flexibility index (Phi) is 4.23. The Bertz CT molecular complexity index is 731. The van der Waals surface area contributed by atoms with E-state index >= 15 is 0 Å². The standard InChI is InChI=1S/C14H14N2O2S2/c1-11(14-7-4-8-19-14)16(2)20(17,18)13-6-3-5-12(9-13)10-15/h3-9,11H,1-2H3. The lowest BCUT2D eigenvalue weighted by Gasteiger charge is -2.23. The Morgan fingerprint density at radius 3 is 2.65 bits per heavy atom. The zero-order valence-electron chi connectivity index (χ0n) is 11.1. The van der Waals surface area contributed by atoms with Crippen LogP contribution in [0.25, 0.3) is 0 Å². The van der Waals surface area contributed by atoms with Gasteiger partial charge < -0.3 is 0 Å². The van der Waals surface area contributed by atoms with Gasteiger partial charge in [0, 0.05) is 11.9 Å². The molecule has 0 saturated carbocycles. The fourth-order valence-electron chi connectivity index (χ4n) is 1.81. The molecular weight excluding hydrogens is 292 g/mol. The molecular formula is C14H14N2O2S2. The number of benzene rings is 1. The number of rotatable bonds is 4. The minimum atomic E-state index is -3.61. The molecule has 2 rings (SSSR count).